The van der Waals surface area contributed by atoms with Crippen molar-refractivity contribution in [2.75, 3.05) is 6.61 Å². The molecule has 2 atom stereocenters. The van der Waals surface area contributed by atoms with Crippen molar-refractivity contribution < 1.29 is 59.8 Å². The molecule has 0 aliphatic carbocycles. The molecule has 0 aromatic rings. The summed E-state index contributed by atoms with van der Waals surface area (Å²) in [5.74, 6) is -3.20. The number of carbonyl (C=O) groups is 1. The number of hydrogen-bond acceptors (Lipinski definition) is 6. The molecule has 0 saturated heterocycles. The first-order valence-electron chi connectivity index (χ1n) is 3.18. The van der Waals surface area contributed by atoms with E-state index in [1.54, 1.807) is 0 Å². The Morgan fingerprint density at radius 1 is 1.47 bits per heavy atom. The molecule has 0 aromatic carbocycles. The summed E-state index contributed by atoms with van der Waals surface area (Å²) in [6, 6.07) is 0. The van der Waals surface area contributed by atoms with Gasteiger partial charge in [0.1, 0.15) is 12.2 Å². The number of aliphatic hydroxyl groups excluding tert-OH is 3. The standard InChI is InChI=1S/C6H8O6.Li.2H2O/c7-1-2(8)5-3(9)4(10)6(11)12-5;;;/h2,5,7-10H,1H2;;2*1H2/q;+1;;/p-1/t2-,5+;;;/m0.../s1. The van der Waals surface area contributed by atoms with E-state index in [1.807, 2.05) is 0 Å². The van der Waals surface area contributed by atoms with Crippen molar-refractivity contribution in [3.63, 3.8) is 0 Å². The molecule has 0 amide bonds. The summed E-state index contributed by atoms with van der Waals surface area (Å²) in [5.41, 5.74) is 0. The minimum absolute atomic E-state index is 0. The van der Waals surface area contributed by atoms with Gasteiger partial charge in [0.15, 0.2) is 5.76 Å². The summed E-state index contributed by atoms with van der Waals surface area (Å²) >= 11 is 0. The normalized spacial score (nSPS) is 20.7. The number of hydrogen-bond donors (Lipinski definition) is 3. The predicted molar refractivity (Wildman–Crippen MR) is 39.9 cm³/mol. The Hall–Kier alpha value is -0.753. The average molecular weight is 218 g/mol. The van der Waals surface area contributed by atoms with Gasteiger partial charge in [0, 0.05) is 0 Å². The van der Waals surface area contributed by atoms with Gasteiger partial charge in [-0.15, -0.1) is 0 Å². The Kier molecular flexibility index (Phi) is 9.92. The molecule has 9 heteroatoms. The van der Waals surface area contributed by atoms with Crippen molar-refractivity contribution in [2.45, 2.75) is 12.2 Å². The van der Waals surface area contributed by atoms with Crippen LogP contribution in [0.15, 0.2) is 11.5 Å². The topological polar surface area (TPSA) is 173 Å². The first-order chi connectivity index (χ1) is 5.57. The molecule has 1 rings (SSSR count). The van der Waals surface area contributed by atoms with E-state index in [-0.39, 0.29) is 29.8 Å². The number of esters is 1. The third-order valence-corrected chi connectivity index (χ3v) is 1.46. The Balaban J connectivity index is -0.000000480. The molecule has 15 heavy (non-hydrogen) atoms. The zero-order valence-electron chi connectivity index (χ0n) is 7.93. The Morgan fingerprint density at radius 2 is 1.93 bits per heavy atom. The van der Waals surface area contributed by atoms with Crippen LogP contribution in [0.4, 0.5) is 0 Å². The molecule has 0 radical (unpaired) electrons. The van der Waals surface area contributed by atoms with Gasteiger partial charge in [-0.3, -0.25) is 0 Å². The van der Waals surface area contributed by atoms with E-state index in [0.29, 0.717) is 0 Å². The fourth-order valence-corrected chi connectivity index (χ4v) is 0.809. The summed E-state index contributed by atoms with van der Waals surface area (Å²) in [4.78, 5) is 10.5. The second-order valence-electron chi connectivity index (χ2n) is 2.29. The number of aliphatic hydroxyl groups is 3. The van der Waals surface area contributed by atoms with Gasteiger partial charge in [0.05, 0.1) is 6.61 Å². The van der Waals surface area contributed by atoms with Crippen LogP contribution >= 0.6 is 0 Å². The summed E-state index contributed by atoms with van der Waals surface area (Å²) in [7, 11) is 0. The van der Waals surface area contributed by atoms with Crippen LogP contribution in [-0.2, 0) is 9.53 Å². The minimum atomic E-state index is -1.48. The van der Waals surface area contributed by atoms with E-state index in [0.717, 1.165) is 0 Å². The van der Waals surface area contributed by atoms with Crippen LogP contribution in [0.1, 0.15) is 0 Å². The first kappa shape index (κ1) is 19.8. The van der Waals surface area contributed by atoms with Gasteiger partial charge in [-0.25, -0.2) is 4.79 Å². The summed E-state index contributed by atoms with van der Waals surface area (Å²) < 4.78 is 4.25. The van der Waals surface area contributed by atoms with Gasteiger partial charge in [0.2, 0.25) is 0 Å². The maximum absolute atomic E-state index is 10.8. The van der Waals surface area contributed by atoms with Crippen molar-refractivity contribution in [1.29, 1.82) is 0 Å². The van der Waals surface area contributed by atoms with Crippen molar-refractivity contribution in [3.05, 3.63) is 11.5 Å². The largest absolute Gasteiger partial charge is 1.00 e. The van der Waals surface area contributed by atoms with E-state index in [2.05, 4.69) is 4.74 Å². The molecule has 84 valence electrons. The molecule has 0 fully saturated rings. The SMILES string of the molecule is O.O.O=C1O[C@H]([C@@H](O)CO)C([O-])=C1O.[Li+]. The Morgan fingerprint density at radius 3 is 2.20 bits per heavy atom. The molecule has 7 N–H and O–H groups in total. The van der Waals surface area contributed by atoms with E-state index in [1.165, 1.54) is 0 Å². The summed E-state index contributed by atoms with van der Waals surface area (Å²) in [6.45, 7) is -0.711. The molecular formula is C6H11LiO8. The average Bonchev–Trinajstić information content (AvgIpc) is 2.32. The third-order valence-electron chi connectivity index (χ3n) is 1.46. The quantitative estimate of drug-likeness (QED) is 0.306. The fourth-order valence-electron chi connectivity index (χ4n) is 0.809. The maximum atomic E-state index is 10.8. The van der Waals surface area contributed by atoms with Gasteiger partial charge < -0.3 is 36.1 Å². The van der Waals surface area contributed by atoms with E-state index >= 15 is 0 Å². The molecule has 0 saturated carbocycles. The summed E-state index contributed by atoms with van der Waals surface area (Å²) in [5, 5.41) is 36.8. The van der Waals surface area contributed by atoms with Gasteiger partial charge in [-0.1, -0.05) is 0 Å². The van der Waals surface area contributed by atoms with Crippen LogP contribution in [0.25, 0.3) is 0 Å². The fraction of sp³-hybridized carbons (Fsp3) is 0.500. The van der Waals surface area contributed by atoms with Crippen LogP contribution in [-0.4, -0.2) is 51.1 Å². The number of ether oxygens (including phenoxy) is 1. The molecule has 1 heterocycles. The predicted octanol–water partition coefficient (Wildman–Crippen LogP) is -7.25. The molecule has 1 aliphatic rings. The molecule has 8 nitrogen and oxygen atoms in total. The third kappa shape index (κ3) is 3.71. The zero-order chi connectivity index (χ0) is 9.30. The molecule has 0 spiro atoms. The van der Waals surface area contributed by atoms with Crippen LogP contribution in [0.3, 0.4) is 0 Å². The maximum Gasteiger partial charge on any atom is 1.00 e. The molecule has 0 aromatic heterocycles. The molecular weight excluding hydrogens is 207 g/mol. The summed E-state index contributed by atoms with van der Waals surface area (Å²) in [6.07, 6.45) is -2.95. The van der Waals surface area contributed by atoms with Crippen molar-refractivity contribution in [3.8, 4) is 0 Å². The number of rotatable bonds is 2. The van der Waals surface area contributed by atoms with Crippen molar-refractivity contribution >= 4 is 5.97 Å². The van der Waals surface area contributed by atoms with Gasteiger partial charge in [-0.05, 0) is 5.76 Å². The van der Waals surface area contributed by atoms with Crippen molar-refractivity contribution in [2.24, 2.45) is 0 Å². The van der Waals surface area contributed by atoms with Crippen LogP contribution in [0.5, 0.6) is 0 Å². The smallest absolute Gasteiger partial charge is 0.870 e. The van der Waals surface area contributed by atoms with E-state index in [9.17, 15) is 9.90 Å². The number of carbonyl (C=O) groups excluding carboxylic acids is 1. The first-order valence-corrected chi connectivity index (χ1v) is 3.18. The van der Waals surface area contributed by atoms with Crippen LogP contribution < -0.4 is 24.0 Å². The number of cyclic esters (lactones) is 1. The monoisotopic (exact) mass is 218 g/mol. The molecule has 0 bridgehead atoms. The van der Waals surface area contributed by atoms with Crippen molar-refractivity contribution in [1.82, 2.24) is 0 Å². The van der Waals surface area contributed by atoms with Gasteiger partial charge in [0.25, 0.3) is 0 Å². The van der Waals surface area contributed by atoms with Gasteiger partial charge >= 0.3 is 24.8 Å². The Bertz CT molecular complexity index is 239. The van der Waals surface area contributed by atoms with E-state index < -0.39 is 36.3 Å². The van der Waals surface area contributed by atoms with E-state index in [4.69, 9.17) is 15.3 Å². The van der Waals surface area contributed by atoms with Crippen LogP contribution in [0, 0.1) is 0 Å². The van der Waals surface area contributed by atoms with Gasteiger partial charge in [-0.2, -0.15) is 0 Å². The van der Waals surface area contributed by atoms with Crippen LogP contribution in [0.2, 0.25) is 0 Å². The molecule has 0 unspecified atom stereocenters. The zero-order valence-corrected chi connectivity index (χ0v) is 7.93. The second-order valence-corrected chi connectivity index (χ2v) is 2.29. The second kappa shape index (κ2) is 7.53. The Labute approximate surface area is 96.6 Å². The minimum Gasteiger partial charge on any atom is -0.870 e. The molecule has 1 aliphatic heterocycles.